The summed E-state index contributed by atoms with van der Waals surface area (Å²) in [6.07, 6.45) is 0. The maximum absolute atomic E-state index is 13.4. The van der Waals surface area contributed by atoms with Crippen molar-refractivity contribution in [3.8, 4) is 0 Å². The van der Waals surface area contributed by atoms with Crippen LogP contribution in [0.1, 0.15) is 10.4 Å². The molecule has 2 rings (SSSR count). The van der Waals surface area contributed by atoms with Crippen molar-refractivity contribution in [2.24, 2.45) is 5.73 Å². The standard InChI is InChI=1S/C12H13FN2O2S2/c13-12-4-2-1-3-9(12)7-15-19(16,17)11-5-10(6-14)18-8-11/h1-5,8,15H,6-7,14H2. The Morgan fingerprint density at radius 1 is 1.32 bits per heavy atom. The molecule has 3 N–H and O–H groups in total. The van der Waals surface area contributed by atoms with Gasteiger partial charge in [-0.05, 0) is 12.1 Å². The number of halogens is 1. The Hall–Kier alpha value is -1.28. The van der Waals surface area contributed by atoms with E-state index < -0.39 is 15.8 Å². The van der Waals surface area contributed by atoms with Gasteiger partial charge >= 0.3 is 0 Å². The molecule has 0 unspecified atom stereocenters. The summed E-state index contributed by atoms with van der Waals surface area (Å²) < 4.78 is 39.7. The summed E-state index contributed by atoms with van der Waals surface area (Å²) >= 11 is 1.28. The zero-order valence-corrected chi connectivity index (χ0v) is 11.6. The highest BCUT2D eigenvalue weighted by Crippen LogP contribution is 2.19. The molecule has 0 aliphatic rings. The summed E-state index contributed by atoms with van der Waals surface area (Å²) in [6, 6.07) is 7.56. The predicted molar refractivity (Wildman–Crippen MR) is 72.6 cm³/mol. The summed E-state index contributed by atoms with van der Waals surface area (Å²) in [7, 11) is -3.63. The van der Waals surface area contributed by atoms with E-state index in [0.29, 0.717) is 12.1 Å². The molecule has 0 saturated heterocycles. The van der Waals surface area contributed by atoms with Crippen molar-refractivity contribution in [2.45, 2.75) is 18.0 Å². The van der Waals surface area contributed by atoms with Crippen LogP contribution in [0.15, 0.2) is 40.6 Å². The Morgan fingerprint density at radius 3 is 2.68 bits per heavy atom. The number of sulfonamides is 1. The van der Waals surface area contributed by atoms with Crippen molar-refractivity contribution in [3.63, 3.8) is 0 Å². The Bertz CT molecular complexity index is 668. The minimum Gasteiger partial charge on any atom is -0.326 e. The van der Waals surface area contributed by atoms with Gasteiger partial charge in [-0.3, -0.25) is 0 Å². The van der Waals surface area contributed by atoms with Crippen LogP contribution in [0.3, 0.4) is 0 Å². The van der Waals surface area contributed by atoms with Crippen LogP contribution in [0.2, 0.25) is 0 Å². The molecule has 1 aromatic heterocycles. The van der Waals surface area contributed by atoms with E-state index in [1.54, 1.807) is 12.1 Å². The van der Waals surface area contributed by atoms with Crippen molar-refractivity contribution in [3.05, 3.63) is 52.0 Å². The monoisotopic (exact) mass is 300 g/mol. The maximum Gasteiger partial charge on any atom is 0.241 e. The minimum absolute atomic E-state index is 0.0805. The zero-order chi connectivity index (χ0) is 13.9. The van der Waals surface area contributed by atoms with Crippen molar-refractivity contribution >= 4 is 21.4 Å². The molecule has 0 spiro atoms. The van der Waals surface area contributed by atoms with E-state index in [1.807, 2.05) is 0 Å². The largest absolute Gasteiger partial charge is 0.326 e. The van der Waals surface area contributed by atoms with E-state index in [1.165, 1.54) is 34.9 Å². The molecule has 1 aromatic carbocycles. The van der Waals surface area contributed by atoms with Crippen LogP contribution < -0.4 is 10.5 Å². The van der Waals surface area contributed by atoms with Gasteiger partial charge in [0.05, 0.1) is 4.90 Å². The molecule has 0 bridgehead atoms. The number of thiophene rings is 1. The van der Waals surface area contributed by atoms with Crippen LogP contribution in [0, 0.1) is 5.82 Å². The van der Waals surface area contributed by atoms with Crippen molar-refractivity contribution in [2.75, 3.05) is 0 Å². The summed E-state index contributed by atoms with van der Waals surface area (Å²) in [6.45, 7) is 0.219. The van der Waals surface area contributed by atoms with Gasteiger partial charge in [-0.1, -0.05) is 18.2 Å². The molecule has 0 amide bonds. The van der Waals surface area contributed by atoms with Crippen LogP contribution in [-0.2, 0) is 23.1 Å². The third-order valence-electron chi connectivity index (χ3n) is 2.55. The minimum atomic E-state index is -3.63. The van der Waals surface area contributed by atoms with Crippen molar-refractivity contribution in [1.82, 2.24) is 4.72 Å². The second kappa shape index (κ2) is 5.79. The topological polar surface area (TPSA) is 72.2 Å². The van der Waals surface area contributed by atoms with Gasteiger partial charge in [0.25, 0.3) is 0 Å². The fraction of sp³-hybridized carbons (Fsp3) is 0.167. The average molecular weight is 300 g/mol. The average Bonchev–Trinajstić information content (AvgIpc) is 2.87. The molecule has 1 heterocycles. The quantitative estimate of drug-likeness (QED) is 0.885. The molecule has 19 heavy (non-hydrogen) atoms. The second-order valence-corrected chi connectivity index (χ2v) is 6.63. The van der Waals surface area contributed by atoms with Crippen LogP contribution >= 0.6 is 11.3 Å². The van der Waals surface area contributed by atoms with Gasteiger partial charge in [-0.2, -0.15) is 0 Å². The smallest absolute Gasteiger partial charge is 0.241 e. The third kappa shape index (κ3) is 3.38. The molecule has 4 nitrogen and oxygen atoms in total. The van der Waals surface area contributed by atoms with Crippen molar-refractivity contribution in [1.29, 1.82) is 0 Å². The van der Waals surface area contributed by atoms with Crippen LogP contribution in [0.25, 0.3) is 0 Å². The zero-order valence-electron chi connectivity index (χ0n) is 9.97. The Balaban J connectivity index is 2.12. The van der Waals surface area contributed by atoms with E-state index in [4.69, 9.17) is 5.73 Å². The molecule has 0 aliphatic carbocycles. The second-order valence-electron chi connectivity index (χ2n) is 3.87. The van der Waals surface area contributed by atoms with E-state index in [2.05, 4.69) is 4.72 Å². The summed E-state index contributed by atoms with van der Waals surface area (Å²) in [4.78, 5) is 0.945. The Morgan fingerprint density at radius 2 is 2.05 bits per heavy atom. The number of rotatable bonds is 5. The maximum atomic E-state index is 13.4. The molecular formula is C12H13FN2O2S2. The van der Waals surface area contributed by atoms with Gasteiger partial charge in [0.15, 0.2) is 0 Å². The number of hydrogen-bond donors (Lipinski definition) is 2. The van der Waals surface area contributed by atoms with Gasteiger partial charge in [0, 0.05) is 28.9 Å². The first kappa shape index (κ1) is 14.1. The first-order chi connectivity index (χ1) is 9.03. The van der Waals surface area contributed by atoms with E-state index >= 15 is 0 Å². The molecule has 0 saturated carbocycles. The highest BCUT2D eigenvalue weighted by molar-refractivity contribution is 7.89. The van der Waals surface area contributed by atoms with Gasteiger partial charge in [-0.15, -0.1) is 11.3 Å². The number of nitrogens with one attached hydrogen (secondary N) is 1. The summed E-state index contributed by atoms with van der Waals surface area (Å²) in [5, 5.41) is 1.52. The number of benzene rings is 1. The van der Waals surface area contributed by atoms with Crippen LogP contribution in [-0.4, -0.2) is 8.42 Å². The molecular weight excluding hydrogens is 287 g/mol. The lowest BCUT2D eigenvalue weighted by atomic mass is 10.2. The lowest BCUT2D eigenvalue weighted by molar-refractivity contribution is 0.574. The van der Waals surface area contributed by atoms with Gasteiger partial charge in [0.2, 0.25) is 10.0 Å². The highest BCUT2D eigenvalue weighted by atomic mass is 32.2. The molecule has 2 aromatic rings. The van der Waals surface area contributed by atoms with Crippen LogP contribution in [0.4, 0.5) is 4.39 Å². The van der Waals surface area contributed by atoms with E-state index in [9.17, 15) is 12.8 Å². The van der Waals surface area contributed by atoms with E-state index in [-0.39, 0.29) is 11.4 Å². The molecule has 0 aliphatic heterocycles. The molecule has 0 radical (unpaired) electrons. The number of nitrogens with two attached hydrogens (primary N) is 1. The van der Waals surface area contributed by atoms with Crippen LogP contribution in [0.5, 0.6) is 0 Å². The lowest BCUT2D eigenvalue weighted by Crippen LogP contribution is -2.23. The highest BCUT2D eigenvalue weighted by Gasteiger charge is 2.16. The third-order valence-corrected chi connectivity index (χ3v) is 5.04. The molecule has 0 atom stereocenters. The lowest BCUT2D eigenvalue weighted by Gasteiger charge is -2.05. The van der Waals surface area contributed by atoms with Gasteiger partial charge < -0.3 is 5.73 Å². The van der Waals surface area contributed by atoms with E-state index in [0.717, 1.165) is 4.88 Å². The van der Waals surface area contributed by atoms with Crippen molar-refractivity contribution < 1.29 is 12.8 Å². The summed E-state index contributed by atoms with van der Waals surface area (Å²) in [5.74, 6) is -0.432. The predicted octanol–water partition coefficient (Wildman–Crippen LogP) is 1.82. The Labute approximate surface area is 115 Å². The normalized spacial score (nSPS) is 11.7. The number of hydrogen-bond acceptors (Lipinski definition) is 4. The molecule has 7 heteroatoms. The van der Waals surface area contributed by atoms with Gasteiger partial charge in [0.1, 0.15) is 5.82 Å². The first-order valence-electron chi connectivity index (χ1n) is 5.53. The first-order valence-corrected chi connectivity index (χ1v) is 7.90. The fourth-order valence-electron chi connectivity index (χ4n) is 1.51. The molecule has 102 valence electrons. The van der Waals surface area contributed by atoms with Gasteiger partial charge in [-0.25, -0.2) is 17.5 Å². The molecule has 0 fully saturated rings. The fourth-order valence-corrected chi connectivity index (χ4v) is 3.67. The summed E-state index contributed by atoms with van der Waals surface area (Å²) in [5.41, 5.74) is 5.74. The SMILES string of the molecule is NCc1cc(S(=O)(=O)NCc2ccccc2F)cs1. The Kier molecular flexibility index (Phi) is 4.31.